The summed E-state index contributed by atoms with van der Waals surface area (Å²) in [4.78, 5) is 13.4. The molecule has 0 aliphatic carbocycles. The van der Waals surface area contributed by atoms with Crippen LogP contribution in [0.15, 0.2) is 18.2 Å². The van der Waals surface area contributed by atoms with Gasteiger partial charge in [-0.3, -0.25) is 4.79 Å². The summed E-state index contributed by atoms with van der Waals surface area (Å²) in [6.07, 6.45) is 2.56. The Morgan fingerprint density at radius 1 is 1.56 bits per heavy atom. The Labute approximate surface area is 113 Å². The van der Waals surface area contributed by atoms with Crippen molar-refractivity contribution in [2.45, 2.75) is 25.9 Å². The quantitative estimate of drug-likeness (QED) is 0.785. The number of ether oxygens (including phenoxy) is 1. The van der Waals surface area contributed by atoms with E-state index in [4.69, 9.17) is 16.3 Å². The minimum atomic E-state index is -0.00618. The summed E-state index contributed by atoms with van der Waals surface area (Å²) in [5, 5.41) is 0.513. The Kier molecular flexibility index (Phi) is 4.25. The minimum Gasteiger partial charge on any atom is -0.376 e. The average Bonchev–Trinajstić information content (AvgIpc) is 2.81. The number of rotatable bonds is 4. The SMILES string of the molecule is CC(=O)c1ccc(N(C)CC2CCCO2)cc1Cl. The zero-order chi connectivity index (χ0) is 13.1. The lowest BCUT2D eigenvalue weighted by molar-refractivity contribution is 0.101. The first-order valence-corrected chi connectivity index (χ1v) is 6.59. The molecule has 0 N–H and O–H groups in total. The number of ketones is 1. The van der Waals surface area contributed by atoms with E-state index in [2.05, 4.69) is 4.90 Å². The van der Waals surface area contributed by atoms with Crippen LogP contribution in [0.1, 0.15) is 30.1 Å². The van der Waals surface area contributed by atoms with Gasteiger partial charge >= 0.3 is 0 Å². The molecule has 0 radical (unpaired) electrons. The van der Waals surface area contributed by atoms with E-state index in [9.17, 15) is 4.79 Å². The van der Waals surface area contributed by atoms with Gasteiger partial charge in [-0.2, -0.15) is 0 Å². The van der Waals surface area contributed by atoms with Crippen LogP contribution in [-0.2, 0) is 4.74 Å². The van der Waals surface area contributed by atoms with Gasteiger partial charge in [-0.15, -0.1) is 0 Å². The van der Waals surface area contributed by atoms with Crippen molar-refractivity contribution in [3.63, 3.8) is 0 Å². The minimum absolute atomic E-state index is 0.00618. The van der Waals surface area contributed by atoms with Crippen molar-refractivity contribution in [1.82, 2.24) is 0 Å². The van der Waals surface area contributed by atoms with Crippen molar-refractivity contribution in [2.24, 2.45) is 0 Å². The Hall–Kier alpha value is -1.06. The first kappa shape index (κ1) is 13.4. The Balaban J connectivity index is 2.08. The molecule has 0 spiro atoms. The molecule has 1 aliphatic heterocycles. The lowest BCUT2D eigenvalue weighted by Gasteiger charge is -2.23. The molecule has 1 fully saturated rings. The molecule has 3 nitrogen and oxygen atoms in total. The first-order chi connectivity index (χ1) is 8.58. The number of benzene rings is 1. The highest BCUT2D eigenvalue weighted by molar-refractivity contribution is 6.34. The molecule has 0 saturated carbocycles. The number of likely N-dealkylation sites (N-methyl/N-ethyl adjacent to an activating group) is 1. The third kappa shape index (κ3) is 3.03. The molecule has 2 rings (SSSR count). The van der Waals surface area contributed by atoms with Crippen molar-refractivity contribution >= 4 is 23.1 Å². The summed E-state index contributed by atoms with van der Waals surface area (Å²) in [5.41, 5.74) is 1.59. The van der Waals surface area contributed by atoms with E-state index in [1.807, 2.05) is 19.2 Å². The summed E-state index contributed by atoms with van der Waals surface area (Å²) in [5.74, 6) is -0.00618. The highest BCUT2D eigenvalue weighted by Gasteiger charge is 2.18. The molecule has 1 aromatic carbocycles. The van der Waals surface area contributed by atoms with E-state index in [1.54, 1.807) is 6.07 Å². The topological polar surface area (TPSA) is 29.5 Å². The second kappa shape index (κ2) is 5.72. The molecule has 18 heavy (non-hydrogen) atoms. The van der Waals surface area contributed by atoms with Crippen LogP contribution in [-0.4, -0.2) is 32.1 Å². The summed E-state index contributed by atoms with van der Waals surface area (Å²) in [7, 11) is 2.01. The van der Waals surface area contributed by atoms with Crippen molar-refractivity contribution in [1.29, 1.82) is 0 Å². The molecule has 1 unspecified atom stereocenters. The summed E-state index contributed by atoms with van der Waals surface area (Å²) >= 11 is 6.11. The number of anilines is 1. The van der Waals surface area contributed by atoms with Crippen LogP contribution in [0, 0.1) is 0 Å². The maximum absolute atomic E-state index is 11.3. The number of hydrogen-bond acceptors (Lipinski definition) is 3. The number of hydrogen-bond donors (Lipinski definition) is 0. The van der Waals surface area contributed by atoms with Gasteiger partial charge in [0.05, 0.1) is 11.1 Å². The van der Waals surface area contributed by atoms with Crippen LogP contribution >= 0.6 is 11.6 Å². The van der Waals surface area contributed by atoms with Crippen LogP contribution < -0.4 is 4.90 Å². The van der Waals surface area contributed by atoms with E-state index in [0.29, 0.717) is 16.7 Å². The van der Waals surface area contributed by atoms with E-state index in [-0.39, 0.29) is 5.78 Å². The third-order valence-corrected chi connectivity index (χ3v) is 3.59. The third-order valence-electron chi connectivity index (χ3n) is 3.27. The summed E-state index contributed by atoms with van der Waals surface area (Å²) in [6, 6.07) is 5.55. The highest BCUT2D eigenvalue weighted by Crippen LogP contribution is 2.24. The predicted octanol–water partition coefficient (Wildman–Crippen LogP) is 3.16. The van der Waals surface area contributed by atoms with Gasteiger partial charge in [-0.25, -0.2) is 0 Å². The lowest BCUT2D eigenvalue weighted by Crippen LogP contribution is -2.28. The van der Waals surface area contributed by atoms with Crippen LogP contribution in [0.2, 0.25) is 5.02 Å². The number of carbonyl (C=O) groups is 1. The molecule has 1 aliphatic rings. The standard InChI is InChI=1S/C14H18ClNO2/c1-10(17)13-6-5-11(8-14(13)15)16(2)9-12-4-3-7-18-12/h5-6,8,12H,3-4,7,9H2,1-2H3. The molecule has 1 atom stereocenters. The van der Waals surface area contributed by atoms with Gasteiger partial charge in [0.1, 0.15) is 0 Å². The maximum Gasteiger partial charge on any atom is 0.161 e. The normalized spacial score (nSPS) is 18.9. The number of halogens is 1. The zero-order valence-electron chi connectivity index (χ0n) is 10.8. The Morgan fingerprint density at radius 3 is 2.89 bits per heavy atom. The fraction of sp³-hybridized carbons (Fsp3) is 0.500. The van der Waals surface area contributed by atoms with Gasteiger partial charge in [-0.1, -0.05) is 11.6 Å². The zero-order valence-corrected chi connectivity index (χ0v) is 11.5. The summed E-state index contributed by atoms with van der Waals surface area (Å²) < 4.78 is 5.61. The van der Waals surface area contributed by atoms with E-state index in [1.165, 1.54) is 6.92 Å². The fourth-order valence-electron chi connectivity index (χ4n) is 2.23. The summed E-state index contributed by atoms with van der Waals surface area (Å²) in [6.45, 7) is 3.25. The molecule has 0 aromatic heterocycles. The monoisotopic (exact) mass is 267 g/mol. The van der Waals surface area contributed by atoms with Crippen molar-refractivity contribution in [2.75, 3.05) is 25.1 Å². The van der Waals surface area contributed by atoms with Crippen molar-refractivity contribution in [3.8, 4) is 0 Å². The lowest BCUT2D eigenvalue weighted by atomic mass is 10.1. The Bertz CT molecular complexity index is 441. The van der Waals surface area contributed by atoms with Gasteiger partial charge < -0.3 is 9.64 Å². The van der Waals surface area contributed by atoms with Crippen LogP contribution in [0.4, 0.5) is 5.69 Å². The average molecular weight is 268 g/mol. The maximum atomic E-state index is 11.3. The van der Waals surface area contributed by atoms with Gasteiger partial charge in [-0.05, 0) is 38.0 Å². The van der Waals surface area contributed by atoms with Crippen molar-refractivity contribution < 1.29 is 9.53 Å². The second-order valence-corrected chi connectivity index (χ2v) is 5.14. The molecule has 1 heterocycles. The molecular formula is C14H18ClNO2. The van der Waals surface area contributed by atoms with E-state index >= 15 is 0 Å². The largest absolute Gasteiger partial charge is 0.376 e. The Morgan fingerprint density at radius 2 is 2.33 bits per heavy atom. The van der Waals surface area contributed by atoms with E-state index in [0.717, 1.165) is 31.7 Å². The number of nitrogens with zero attached hydrogens (tertiary/aromatic N) is 1. The van der Waals surface area contributed by atoms with Crippen LogP contribution in [0.5, 0.6) is 0 Å². The molecule has 4 heteroatoms. The van der Waals surface area contributed by atoms with Gasteiger partial charge in [0.15, 0.2) is 5.78 Å². The van der Waals surface area contributed by atoms with Gasteiger partial charge in [0.2, 0.25) is 0 Å². The first-order valence-electron chi connectivity index (χ1n) is 6.21. The predicted molar refractivity (Wildman–Crippen MR) is 73.7 cm³/mol. The molecular weight excluding hydrogens is 250 g/mol. The fourth-order valence-corrected chi connectivity index (χ4v) is 2.53. The van der Waals surface area contributed by atoms with Crippen LogP contribution in [0.25, 0.3) is 0 Å². The number of Topliss-reactive ketones (excluding diaryl/α,β-unsaturated/α-hetero) is 1. The number of carbonyl (C=O) groups excluding carboxylic acids is 1. The van der Waals surface area contributed by atoms with Gasteiger partial charge in [0, 0.05) is 31.5 Å². The second-order valence-electron chi connectivity index (χ2n) is 4.74. The van der Waals surface area contributed by atoms with Crippen molar-refractivity contribution in [3.05, 3.63) is 28.8 Å². The molecule has 0 bridgehead atoms. The van der Waals surface area contributed by atoms with Gasteiger partial charge in [0.25, 0.3) is 0 Å². The molecule has 1 saturated heterocycles. The van der Waals surface area contributed by atoms with E-state index < -0.39 is 0 Å². The molecule has 98 valence electrons. The molecule has 0 amide bonds. The highest BCUT2D eigenvalue weighted by atomic mass is 35.5. The molecule has 1 aromatic rings. The van der Waals surface area contributed by atoms with Crippen LogP contribution in [0.3, 0.4) is 0 Å². The smallest absolute Gasteiger partial charge is 0.161 e.